The molecule has 1 atom stereocenters. The number of ether oxygens (including phenoxy) is 1. The van der Waals surface area contributed by atoms with Gasteiger partial charge in [-0.05, 0) is 39.2 Å². The van der Waals surface area contributed by atoms with Crippen LogP contribution in [0, 0.1) is 6.92 Å². The van der Waals surface area contributed by atoms with Gasteiger partial charge in [0.25, 0.3) is 0 Å². The van der Waals surface area contributed by atoms with Crippen molar-refractivity contribution in [2.24, 2.45) is 0 Å². The summed E-state index contributed by atoms with van der Waals surface area (Å²) < 4.78 is 7.11. The molecule has 1 unspecified atom stereocenters. The maximum Gasteiger partial charge on any atom is 0.125 e. The molecular formula is C16H18BrNOS. The van der Waals surface area contributed by atoms with Crippen LogP contribution in [-0.4, -0.2) is 11.6 Å². The molecule has 2 aromatic rings. The zero-order chi connectivity index (χ0) is 14.2. The largest absolute Gasteiger partial charge is 0.368 e. The molecule has 0 N–H and O–H groups in total. The minimum atomic E-state index is -0.201. The number of halogens is 1. The van der Waals surface area contributed by atoms with E-state index in [1.54, 1.807) is 11.3 Å². The lowest BCUT2D eigenvalue weighted by Gasteiger charge is -2.31. The Bertz CT molecular complexity index is 617. The van der Waals surface area contributed by atoms with E-state index in [2.05, 4.69) is 48.0 Å². The maximum absolute atomic E-state index is 6.02. The van der Waals surface area contributed by atoms with E-state index in [0.29, 0.717) is 0 Å². The van der Waals surface area contributed by atoms with E-state index in [4.69, 9.17) is 9.72 Å². The second kappa shape index (κ2) is 5.58. The summed E-state index contributed by atoms with van der Waals surface area (Å²) in [6, 6.07) is 8.26. The first-order chi connectivity index (χ1) is 9.60. The Balaban J connectivity index is 2.01. The molecule has 106 valence electrons. The molecule has 0 amide bonds. The van der Waals surface area contributed by atoms with Crippen LogP contribution in [0.25, 0.3) is 11.3 Å². The molecular weight excluding hydrogens is 334 g/mol. The van der Waals surface area contributed by atoms with Gasteiger partial charge in [-0.3, -0.25) is 0 Å². The fourth-order valence-corrected chi connectivity index (χ4v) is 4.16. The highest BCUT2D eigenvalue weighted by atomic mass is 79.9. The number of nitrogens with zero attached hydrogens (tertiary/aromatic N) is 1. The molecule has 3 rings (SSSR count). The van der Waals surface area contributed by atoms with E-state index in [1.165, 1.54) is 11.3 Å². The Morgan fingerprint density at radius 1 is 1.30 bits per heavy atom. The first-order valence-corrected chi connectivity index (χ1v) is 8.58. The number of aryl methyl sites for hydroxylation is 1. The molecule has 1 aliphatic heterocycles. The zero-order valence-electron chi connectivity index (χ0n) is 11.8. The van der Waals surface area contributed by atoms with Crippen LogP contribution in [-0.2, 0) is 10.3 Å². The van der Waals surface area contributed by atoms with Gasteiger partial charge >= 0.3 is 0 Å². The lowest BCUT2D eigenvalue weighted by atomic mass is 9.97. The van der Waals surface area contributed by atoms with Crippen molar-refractivity contribution < 1.29 is 4.74 Å². The van der Waals surface area contributed by atoms with Crippen LogP contribution in [0.4, 0.5) is 0 Å². The van der Waals surface area contributed by atoms with Crippen molar-refractivity contribution in [1.82, 2.24) is 4.98 Å². The Hall–Kier alpha value is -0.710. The standard InChI is InChI=1S/C16H18BrNOS/c1-11-14(12-7-3-4-8-13(12)17)18-15(20-11)16(2)9-5-6-10-19-16/h3-4,7-8H,5-6,9-10H2,1-2H3. The van der Waals surface area contributed by atoms with Crippen molar-refractivity contribution >= 4 is 27.3 Å². The number of rotatable bonds is 2. The Labute approximate surface area is 132 Å². The fraction of sp³-hybridized carbons (Fsp3) is 0.438. The Morgan fingerprint density at radius 3 is 2.80 bits per heavy atom. The van der Waals surface area contributed by atoms with Gasteiger partial charge in [-0.2, -0.15) is 0 Å². The van der Waals surface area contributed by atoms with Gasteiger partial charge in [0.2, 0.25) is 0 Å². The van der Waals surface area contributed by atoms with Crippen molar-refractivity contribution in [2.75, 3.05) is 6.61 Å². The number of aromatic nitrogens is 1. The smallest absolute Gasteiger partial charge is 0.125 e. The third-order valence-corrected chi connectivity index (χ3v) is 5.75. The topological polar surface area (TPSA) is 22.1 Å². The van der Waals surface area contributed by atoms with Gasteiger partial charge < -0.3 is 4.74 Å². The van der Waals surface area contributed by atoms with Gasteiger partial charge in [0.15, 0.2) is 0 Å². The van der Waals surface area contributed by atoms with E-state index in [0.717, 1.165) is 40.2 Å². The van der Waals surface area contributed by atoms with Crippen molar-refractivity contribution in [3.8, 4) is 11.3 Å². The summed E-state index contributed by atoms with van der Waals surface area (Å²) >= 11 is 5.39. The van der Waals surface area contributed by atoms with Crippen molar-refractivity contribution in [2.45, 2.75) is 38.7 Å². The monoisotopic (exact) mass is 351 g/mol. The molecule has 2 heterocycles. The molecule has 0 aliphatic carbocycles. The number of hydrogen-bond donors (Lipinski definition) is 0. The minimum Gasteiger partial charge on any atom is -0.368 e. The molecule has 0 bridgehead atoms. The van der Waals surface area contributed by atoms with Gasteiger partial charge in [0, 0.05) is 21.5 Å². The maximum atomic E-state index is 6.02. The summed E-state index contributed by atoms with van der Waals surface area (Å²) in [6.45, 7) is 5.16. The first kappa shape index (κ1) is 14.2. The van der Waals surface area contributed by atoms with Crippen molar-refractivity contribution in [3.05, 3.63) is 38.6 Å². The van der Waals surface area contributed by atoms with Gasteiger partial charge in [-0.25, -0.2) is 4.98 Å². The lowest BCUT2D eigenvalue weighted by Crippen LogP contribution is -2.29. The second-order valence-corrected chi connectivity index (χ2v) is 7.50. The molecule has 1 aromatic heterocycles. The van der Waals surface area contributed by atoms with Crippen LogP contribution in [0.5, 0.6) is 0 Å². The summed E-state index contributed by atoms with van der Waals surface area (Å²) in [7, 11) is 0. The third-order valence-electron chi connectivity index (χ3n) is 3.85. The highest BCUT2D eigenvalue weighted by Crippen LogP contribution is 2.41. The Morgan fingerprint density at radius 2 is 2.10 bits per heavy atom. The first-order valence-electron chi connectivity index (χ1n) is 6.97. The molecule has 1 aliphatic rings. The highest BCUT2D eigenvalue weighted by molar-refractivity contribution is 9.10. The second-order valence-electron chi connectivity index (χ2n) is 5.44. The van der Waals surface area contributed by atoms with Gasteiger partial charge in [-0.1, -0.05) is 34.1 Å². The zero-order valence-corrected chi connectivity index (χ0v) is 14.2. The van der Waals surface area contributed by atoms with E-state index in [-0.39, 0.29) is 5.60 Å². The van der Waals surface area contributed by atoms with Gasteiger partial charge in [0.1, 0.15) is 10.6 Å². The van der Waals surface area contributed by atoms with Crippen LogP contribution in [0.2, 0.25) is 0 Å². The van der Waals surface area contributed by atoms with E-state index < -0.39 is 0 Å². The van der Waals surface area contributed by atoms with E-state index in [9.17, 15) is 0 Å². The molecule has 20 heavy (non-hydrogen) atoms. The average molecular weight is 352 g/mol. The summed E-state index contributed by atoms with van der Waals surface area (Å²) in [5.74, 6) is 0. The highest BCUT2D eigenvalue weighted by Gasteiger charge is 2.33. The molecule has 4 heteroatoms. The number of benzene rings is 1. The number of thiazole rings is 1. The summed E-state index contributed by atoms with van der Waals surface area (Å²) in [6.07, 6.45) is 3.45. The quantitative estimate of drug-likeness (QED) is 0.732. The summed E-state index contributed by atoms with van der Waals surface area (Å²) in [5, 5.41) is 1.11. The van der Waals surface area contributed by atoms with Crippen LogP contribution in [0.15, 0.2) is 28.7 Å². The predicted octanol–water partition coefficient (Wildman–Crippen LogP) is 5.30. The summed E-state index contributed by atoms with van der Waals surface area (Å²) in [5.41, 5.74) is 2.03. The molecule has 1 aromatic carbocycles. The average Bonchev–Trinajstić information content (AvgIpc) is 2.83. The lowest BCUT2D eigenvalue weighted by molar-refractivity contribution is -0.0701. The van der Waals surface area contributed by atoms with E-state index in [1.807, 2.05) is 6.07 Å². The molecule has 0 saturated carbocycles. The SMILES string of the molecule is Cc1sc(C2(C)CCCCO2)nc1-c1ccccc1Br. The van der Waals surface area contributed by atoms with Crippen LogP contribution in [0.3, 0.4) is 0 Å². The Kier molecular flexibility index (Phi) is 3.98. The molecule has 2 nitrogen and oxygen atoms in total. The van der Waals surface area contributed by atoms with Crippen LogP contribution >= 0.6 is 27.3 Å². The minimum absolute atomic E-state index is 0.201. The third kappa shape index (κ3) is 2.57. The van der Waals surface area contributed by atoms with Crippen LogP contribution in [0.1, 0.15) is 36.1 Å². The van der Waals surface area contributed by atoms with Crippen molar-refractivity contribution in [1.29, 1.82) is 0 Å². The molecule has 1 fully saturated rings. The molecule has 0 spiro atoms. The van der Waals surface area contributed by atoms with Gasteiger partial charge in [0.05, 0.1) is 5.69 Å². The van der Waals surface area contributed by atoms with E-state index >= 15 is 0 Å². The summed E-state index contributed by atoms with van der Waals surface area (Å²) in [4.78, 5) is 6.15. The predicted molar refractivity (Wildman–Crippen MR) is 87.1 cm³/mol. The number of hydrogen-bond acceptors (Lipinski definition) is 3. The molecule has 0 radical (unpaired) electrons. The van der Waals surface area contributed by atoms with Gasteiger partial charge in [-0.15, -0.1) is 11.3 Å². The van der Waals surface area contributed by atoms with Crippen LogP contribution < -0.4 is 0 Å². The molecule has 1 saturated heterocycles. The van der Waals surface area contributed by atoms with Crippen molar-refractivity contribution in [3.63, 3.8) is 0 Å². The fourth-order valence-electron chi connectivity index (χ4n) is 2.63. The normalized spacial score (nSPS) is 22.9.